The molecular weight excluding hydrogens is 294 g/mol. The molecule has 0 aliphatic rings. The van der Waals surface area contributed by atoms with Crippen LogP contribution >= 0.6 is 0 Å². The van der Waals surface area contributed by atoms with Crippen molar-refractivity contribution in [2.45, 2.75) is 90.4 Å². The van der Waals surface area contributed by atoms with Crippen molar-refractivity contribution < 1.29 is 4.79 Å². The predicted molar refractivity (Wildman–Crippen MR) is 104 cm³/mol. The van der Waals surface area contributed by atoms with Gasteiger partial charge >= 0.3 is 0 Å². The SMILES string of the molecule is CCCCCCCCCCCCCC(=O)NCCc1ccccc1. The van der Waals surface area contributed by atoms with E-state index in [0.29, 0.717) is 6.42 Å². The van der Waals surface area contributed by atoms with Gasteiger partial charge in [-0.05, 0) is 18.4 Å². The van der Waals surface area contributed by atoms with Crippen LogP contribution < -0.4 is 5.32 Å². The minimum absolute atomic E-state index is 0.210. The summed E-state index contributed by atoms with van der Waals surface area (Å²) in [6, 6.07) is 10.3. The van der Waals surface area contributed by atoms with E-state index in [0.717, 1.165) is 19.4 Å². The van der Waals surface area contributed by atoms with Crippen molar-refractivity contribution in [3.05, 3.63) is 35.9 Å². The summed E-state index contributed by atoms with van der Waals surface area (Å²) < 4.78 is 0. The van der Waals surface area contributed by atoms with Crippen LogP contribution in [0.15, 0.2) is 30.3 Å². The van der Waals surface area contributed by atoms with Gasteiger partial charge in [0, 0.05) is 13.0 Å². The lowest BCUT2D eigenvalue weighted by Crippen LogP contribution is -2.25. The second kappa shape index (κ2) is 15.2. The maximum Gasteiger partial charge on any atom is 0.220 e. The summed E-state index contributed by atoms with van der Waals surface area (Å²) in [4.78, 5) is 11.8. The quantitative estimate of drug-likeness (QED) is 0.390. The lowest BCUT2D eigenvalue weighted by atomic mass is 10.1. The first-order valence-electron chi connectivity index (χ1n) is 10.1. The Labute approximate surface area is 149 Å². The number of unbranched alkanes of at least 4 members (excludes halogenated alkanes) is 10. The minimum atomic E-state index is 0.210. The maximum atomic E-state index is 11.8. The first-order chi connectivity index (χ1) is 11.8. The summed E-state index contributed by atoms with van der Waals surface area (Å²) >= 11 is 0. The Morgan fingerprint density at radius 3 is 1.92 bits per heavy atom. The fourth-order valence-electron chi connectivity index (χ4n) is 3.03. The van der Waals surface area contributed by atoms with E-state index in [1.807, 2.05) is 18.2 Å². The molecule has 24 heavy (non-hydrogen) atoms. The van der Waals surface area contributed by atoms with Crippen molar-refractivity contribution in [2.75, 3.05) is 6.54 Å². The summed E-state index contributed by atoms with van der Waals surface area (Å²) in [5.74, 6) is 0.210. The molecule has 0 heterocycles. The van der Waals surface area contributed by atoms with Crippen LogP contribution in [0.1, 0.15) is 89.5 Å². The zero-order chi connectivity index (χ0) is 17.3. The monoisotopic (exact) mass is 331 g/mol. The van der Waals surface area contributed by atoms with E-state index in [2.05, 4.69) is 24.4 Å². The fourth-order valence-corrected chi connectivity index (χ4v) is 3.03. The third-order valence-electron chi connectivity index (χ3n) is 4.59. The molecule has 1 N–H and O–H groups in total. The zero-order valence-corrected chi connectivity index (χ0v) is 15.7. The lowest BCUT2D eigenvalue weighted by molar-refractivity contribution is -0.121. The number of hydrogen-bond acceptors (Lipinski definition) is 1. The topological polar surface area (TPSA) is 29.1 Å². The van der Waals surface area contributed by atoms with Gasteiger partial charge in [0.1, 0.15) is 0 Å². The second-order valence-electron chi connectivity index (χ2n) is 6.87. The third-order valence-corrected chi connectivity index (χ3v) is 4.59. The number of rotatable bonds is 15. The molecule has 0 saturated heterocycles. The Morgan fingerprint density at radius 2 is 1.33 bits per heavy atom. The standard InChI is InChI=1S/C22H37NO/c1-2-3-4-5-6-7-8-9-10-11-15-18-22(24)23-20-19-21-16-13-12-14-17-21/h12-14,16-17H,2-11,15,18-20H2,1H3,(H,23,24). The van der Waals surface area contributed by atoms with Gasteiger partial charge in [0.05, 0.1) is 0 Å². The van der Waals surface area contributed by atoms with Crippen molar-refractivity contribution in [2.24, 2.45) is 0 Å². The maximum absolute atomic E-state index is 11.8. The highest BCUT2D eigenvalue weighted by Crippen LogP contribution is 2.11. The molecule has 0 aliphatic carbocycles. The van der Waals surface area contributed by atoms with Gasteiger partial charge in [-0.15, -0.1) is 0 Å². The van der Waals surface area contributed by atoms with Gasteiger partial charge in [0.15, 0.2) is 0 Å². The Hall–Kier alpha value is -1.31. The number of nitrogens with one attached hydrogen (secondary N) is 1. The van der Waals surface area contributed by atoms with E-state index < -0.39 is 0 Å². The average molecular weight is 332 g/mol. The zero-order valence-electron chi connectivity index (χ0n) is 15.7. The summed E-state index contributed by atoms with van der Waals surface area (Å²) in [6.45, 7) is 3.02. The molecule has 2 heteroatoms. The van der Waals surface area contributed by atoms with E-state index in [9.17, 15) is 4.79 Å². The van der Waals surface area contributed by atoms with Gasteiger partial charge in [-0.2, -0.15) is 0 Å². The summed E-state index contributed by atoms with van der Waals surface area (Å²) in [5.41, 5.74) is 1.28. The number of hydrogen-bond donors (Lipinski definition) is 1. The van der Waals surface area contributed by atoms with Crippen LogP contribution in [0.5, 0.6) is 0 Å². The van der Waals surface area contributed by atoms with Crippen LogP contribution in [-0.2, 0) is 11.2 Å². The molecule has 1 aromatic carbocycles. The van der Waals surface area contributed by atoms with Crippen LogP contribution in [-0.4, -0.2) is 12.5 Å². The molecular formula is C22H37NO. The van der Waals surface area contributed by atoms with E-state index in [-0.39, 0.29) is 5.91 Å². The third kappa shape index (κ3) is 12.2. The number of amides is 1. The first kappa shape index (κ1) is 20.7. The van der Waals surface area contributed by atoms with Crippen LogP contribution in [0.2, 0.25) is 0 Å². The van der Waals surface area contributed by atoms with Gasteiger partial charge in [-0.1, -0.05) is 101 Å². The van der Waals surface area contributed by atoms with E-state index in [1.165, 1.54) is 69.8 Å². The smallest absolute Gasteiger partial charge is 0.220 e. The van der Waals surface area contributed by atoms with Crippen LogP contribution in [0.4, 0.5) is 0 Å². The summed E-state index contributed by atoms with van der Waals surface area (Å²) in [6.07, 6.45) is 16.2. The molecule has 1 aromatic rings. The summed E-state index contributed by atoms with van der Waals surface area (Å²) in [5, 5.41) is 3.03. The summed E-state index contributed by atoms with van der Waals surface area (Å²) in [7, 11) is 0. The van der Waals surface area contributed by atoms with Gasteiger partial charge in [-0.3, -0.25) is 4.79 Å². The second-order valence-corrected chi connectivity index (χ2v) is 6.87. The highest BCUT2D eigenvalue weighted by molar-refractivity contribution is 5.75. The molecule has 0 spiro atoms. The molecule has 0 fully saturated rings. The van der Waals surface area contributed by atoms with Crippen molar-refractivity contribution in [1.29, 1.82) is 0 Å². The van der Waals surface area contributed by atoms with Crippen molar-refractivity contribution >= 4 is 5.91 Å². The predicted octanol–water partition coefficient (Wildman–Crippen LogP) is 6.05. The lowest BCUT2D eigenvalue weighted by Gasteiger charge is -2.05. The normalized spacial score (nSPS) is 10.7. The molecule has 0 saturated carbocycles. The molecule has 0 bridgehead atoms. The first-order valence-corrected chi connectivity index (χ1v) is 10.1. The largest absolute Gasteiger partial charge is 0.356 e. The Bertz CT molecular complexity index is 402. The molecule has 0 unspecified atom stereocenters. The van der Waals surface area contributed by atoms with Gasteiger partial charge in [0.25, 0.3) is 0 Å². The fraction of sp³-hybridized carbons (Fsp3) is 0.682. The van der Waals surface area contributed by atoms with Crippen LogP contribution in [0.25, 0.3) is 0 Å². The van der Waals surface area contributed by atoms with Gasteiger partial charge in [-0.25, -0.2) is 0 Å². The molecule has 1 amide bonds. The minimum Gasteiger partial charge on any atom is -0.356 e. The van der Waals surface area contributed by atoms with E-state index in [1.54, 1.807) is 0 Å². The number of carbonyl (C=O) groups is 1. The Morgan fingerprint density at radius 1 is 0.792 bits per heavy atom. The molecule has 0 radical (unpaired) electrons. The van der Waals surface area contributed by atoms with Gasteiger partial charge < -0.3 is 5.32 Å². The van der Waals surface area contributed by atoms with Crippen molar-refractivity contribution in [1.82, 2.24) is 5.32 Å². The molecule has 0 aromatic heterocycles. The highest BCUT2D eigenvalue weighted by Gasteiger charge is 2.01. The van der Waals surface area contributed by atoms with Gasteiger partial charge in [0.2, 0.25) is 5.91 Å². The van der Waals surface area contributed by atoms with Crippen molar-refractivity contribution in [3.63, 3.8) is 0 Å². The molecule has 1 rings (SSSR count). The van der Waals surface area contributed by atoms with Crippen LogP contribution in [0, 0.1) is 0 Å². The van der Waals surface area contributed by atoms with E-state index in [4.69, 9.17) is 0 Å². The van der Waals surface area contributed by atoms with Crippen molar-refractivity contribution in [3.8, 4) is 0 Å². The Balaban J connectivity index is 1.82. The number of carbonyl (C=O) groups excluding carboxylic acids is 1. The van der Waals surface area contributed by atoms with Crippen LogP contribution in [0.3, 0.4) is 0 Å². The molecule has 0 aliphatic heterocycles. The molecule has 0 atom stereocenters. The highest BCUT2D eigenvalue weighted by atomic mass is 16.1. The molecule has 2 nitrogen and oxygen atoms in total. The molecule has 136 valence electrons. The number of benzene rings is 1. The Kier molecular flexibility index (Phi) is 13.2. The average Bonchev–Trinajstić information content (AvgIpc) is 2.60. The van der Waals surface area contributed by atoms with E-state index >= 15 is 0 Å².